The van der Waals surface area contributed by atoms with E-state index in [9.17, 15) is 20.4 Å². The third kappa shape index (κ3) is 1.60. The van der Waals surface area contributed by atoms with Crippen molar-refractivity contribution in [3.8, 4) is 23.5 Å². The van der Waals surface area contributed by atoms with Crippen LogP contribution >= 0.6 is 0 Å². The van der Waals surface area contributed by atoms with Crippen molar-refractivity contribution < 1.29 is 20.4 Å². The van der Waals surface area contributed by atoms with Crippen molar-refractivity contribution >= 4 is 0 Å². The first-order valence-electron chi connectivity index (χ1n) is 9.84. The summed E-state index contributed by atoms with van der Waals surface area (Å²) in [5.74, 6) is 1.47. The van der Waals surface area contributed by atoms with Gasteiger partial charge in [-0.15, -0.1) is 0 Å². The molecule has 5 aliphatic carbocycles. The fraction of sp³-hybridized carbons (Fsp3) is 0.524. The molecule has 142 valence electrons. The minimum atomic E-state index is -0.350. The molecule has 27 heavy (non-hydrogen) atoms. The second-order valence-electron chi connectivity index (χ2n) is 8.99. The van der Waals surface area contributed by atoms with Crippen LogP contribution in [0.25, 0.3) is 0 Å². The van der Waals surface area contributed by atoms with Crippen molar-refractivity contribution in [2.75, 3.05) is 0 Å². The quantitative estimate of drug-likeness (QED) is 0.581. The van der Waals surface area contributed by atoms with Crippen LogP contribution in [-0.4, -0.2) is 29.6 Å². The van der Waals surface area contributed by atoms with Crippen molar-refractivity contribution in [3.05, 3.63) is 34.4 Å². The standard InChI is InChI=1S/C21H24N2O4/c1-8-5-10-6-9(8)7-13(10)23-20(26)16-11-3-4-12(17(16)21(23)27)15-14(11)18(24)22(2)19(15)25/h3-4,8-13,24-27H,5-7H2,1-2H3. The van der Waals surface area contributed by atoms with Gasteiger partial charge in [0.15, 0.2) is 23.5 Å². The Morgan fingerprint density at radius 2 is 1.26 bits per heavy atom. The highest BCUT2D eigenvalue weighted by Crippen LogP contribution is 2.63. The zero-order chi connectivity index (χ0) is 18.8. The molecular weight excluding hydrogens is 344 g/mol. The van der Waals surface area contributed by atoms with E-state index in [-0.39, 0.29) is 41.4 Å². The van der Waals surface area contributed by atoms with Crippen LogP contribution in [0, 0.1) is 17.8 Å². The predicted octanol–water partition coefficient (Wildman–Crippen LogP) is 3.40. The Morgan fingerprint density at radius 3 is 1.70 bits per heavy atom. The fourth-order valence-electron chi connectivity index (χ4n) is 6.59. The summed E-state index contributed by atoms with van der Waals surface area (Å²) >= 11 is 0. The van der Waals surface area contributed by atoms with E-state index in [1.165, 1.54) is 11.0 Å². The molecule has 2 aromatic rings. The lowest BCUT2D eigenvalue weighted by Gasteiger charge is -2.31. The first-order valence-corrected chi connectivity index (χ1v) is 9.84. The highest BCUT2D eigenvalue weighted by molar-refractivity contribution is 5.71. The van der Waals surface area contributed by atoms with Gasteiger partial charge in [0, 0.05) is 47.2 Å². The number of rotatable bonds is 1. The maximum Gasteiger partial charge on any atom is 0.198 e. The zero-order valence-corrected chi connectivity index (χ0v) is 15.4. The summed E-state index contributed by atoms with van der Waals surface area (Å²) in [6.45, 7) is 2.30. The molecule has 0 aromatic carbocycles. The molecule has 2 aromatic heterocycles. The molecule has 5 aliphatic rings. The smallest absolute Gasteiger partial charge is 0.198 e. The lowest BCUT2D eigenvalue weighted by Crippen LogP contribution is -2.19. The number of aromatic hydroxyl groups is 4. The van der Waals surface area contributed by atoms with Crippen molar-refractivity contribution in [2.45, 2.75) is 44.1 Å². The van der Waals surface area contributed by atoms with E-state index in [0.29, 0.717) is 34.1 Å². The molecule has 2 heterocycles. The topological polar surface area (TPSA) is 90.8 Å². The van der Waals surface area contributed by atoms with Crippen molar-refractivity contribution in [3.63, 3.8) is 0 Å². The van der Waals surface area contributed by atoms with Crippen LogP contribution < -0.4 is 0 Å². The van der Waals surface area contributed by atoms with E-state index in [1.807, 2.05) is 12.2 Å². The number of fused-ring (bicyclic) bond motifs is 2. The molecule has 7 rings (SSSR count). The molecule has 0 saturated heterocycles. The Morgan fingerprint density at radius 1 is 0.741 bits per heavy atom. The Kier molecular flexibility index (Phi) is 2.69. The van der Waals surface area contributed by atoms with Gasteiger partial charge in [-0.1, -0.05) is 19.1 Å². The van der Waals surface area contributed by atoms with E-state index in [1.54, 1.807) is 11.6 Å². The summed E-state index contributed by atoms with van der Waals surface area (Å²) < 4.78 is 3.11. The van der Waals surface area contributed by atoms with Crippen LogP contribution in [0.15, 0.2) is 12.2 Å². The zero-order valence-electron chi connectivity index (χ0n) is 15.4. The van der Waals surface area contributed by atoms with Gasteiger partial charge in [0.05, 0.1) is 0 Å². The SMILES string of the molecule is CC1CC2CC1CC2n1c(O)c2c(c1O)C1C=CC2c2c1c(O)n(C)c2O. The lowest BCUT2D eigenvalue weighted by molar-refractivity contribution is 0.235. The molecule has 2 fully saturated rings. The minimum Gasteiger partial charge on any atom is -0.494 e. The average molecular weight is 368 g/mol. The average Bonchev–Trinajstić information content (AvgIpc) is 3.36. The van der Waals surface area contributed by atoms with Gasteiger partial charge in [-0.3, -0.25) is 9.13 Å². The van der Waals surface area contributed by atoms with Gasteiger partial charge in [0.2, 0.25) is 0 Å². The van der Waals surface area contributed by atoms with Gasteiger partial charge in [-0.25, -0.2) is 0 Å². The Hall–Kier alpha value is -2.50. The van der Waals surface area contributed by atoms with E-state index in [2.05, 4.69) is 6.92 Å². The summed E-state index contributed by atoms with van der Waals surface area (Å²) in [6, 6.07) is 0.129. The van der Waals surface area contributed by atoms with Crippen molar-refractivity contribution in [1.82, 2.24) is 9.13 Å². The van der Waals surface area contributed by atoms with Gasteiger partial charge >= 0.3 is 0 Å². The molecule has 0 radical (unpaired) electrons. The maximum absolute atomic E-state index is 11.1. The molecule has 4 N–H and O–H groups in total. The Bertz CT molecular complexity index is 967. The van der Waals surface area contributed by atoms with E-state index >= 15 is 0 Å². The van der Waals surface area contributed by atoms with Crippen LogP contribution in [0.1, 0.15) is 66.3 Å². The number of aromatic nitrogens is 2. The predicted molar refractivity (Wildman–Crippen MR) is 98.4 cm³/mol. The number of hydrogen-bond donors (Lipinski definition) is 4. The first kappa shape index (κ1) is 15.5. The third-order valence-electron chi connectivity index (χ3n) is 7.88. The van der Waals surface area contributed by atoms with Crippen LogP contribution in [0.4, 0.5) is 0 Å². The third-order valence-corrected chi connectivity index (χ3v) is 7.88. The van der Waals surface area contributed by atoms with Gasteiger partial charge < -0.3 is 20.4 Å². The minimum absolute atomic E-state index is 0.0212. The molecule has 0 amide bonds. The van der Waals surface area contributed by atoms with E-state index < -0.39 is 0 Å². The van der Waals surface area contributed by atoms with Crippen molar-refractivity contribution in [1.29, 1.82) is 0 Å². The molecule has 6 nitrogen and oxygen atoms in total. The molecular formula is C21H24N2O4. The van der Waals surface area contributed by atoms with Gasteiger partial charge in [-0.2, -0.15) is 0 Å². The van der Waals surface area contributed by atoms with Crippen LogP contribution in [-0.2, 0) is 7.05 Å². The van der Waals surface area contributed by atoms with Crippen LogP contribution in [0.2, 0.25) is 0 Å². The molecule has 2 saturated carbocycles. The number of hydrogen-bond acceptors (Lipinski definition) is 4. The Labute approximate surface area is 157 Å². The summed E-state index contributed by atoms with van der Waals surface area (Å²) in [5.41, 5.74) is 2.65. The van der Waals surface area contributed by atoms with Crippen molar-refractivity contribution in [2.24, 2.45) is 24.8 Å². The molecule has 6 atom stereocenters. The highest BCUT2D eigenvalue weighted by atomic mass is 16.3. The lowest BCUT2D eigenvalue weighted by atomic mass is 9.70. The second kappa shape index (κ2) is 4.66. The summed E-state index contributed by atoms with van der Waals surface area (Å²) in [4.78, 5) is 0. The molecule has 6 unspecified atom stereocenters. The van der Waals surface area contributed by atoms with Crippen LogP contribution in [0.3, 0.4) is 0 Å². The van der Waals surface area contributed by atoms with Gasteiger partial charge in [-0.05, 0) is 37.0 Å². The summed E-state index contributed by atoms with van der Waals surface area (Å²) in [7, 11) is 1.61. The van der Waals surface area contributed by atoms with Crippen LogP contribution in [0.5, 0.6) is 23.5 Å². The number of nitrogens with zero attached hydrogens (tertiary/aromatic N) is 2. The maximum atomic E-state index is 11.1. The van der Waals surface area contributed by atoms with E-state index in [0.717, 1.165) is 18.8 Å². The Balaban J connectivity index is 1.54. The van der Waals surface area contributed by atoms with Gasteiger partial charge in [0.1, 0.15) is 0 Å². The van der Waals surface area contributed by atoms with Gasteiger partial charge in [0.25, 0.3) is 0 Å². The molecule has 0 spiro atoms. The normalized spacial score (nSPS) is 35.0. The summed E-state index contributed by atoms with van der Waals surface area (Å²) in [5, 5.41) is 43.3. The first-order chi connectivity index (χ1) is 12.9. The molecule has 4 bridgehead atoms. The highest BCUT2D eigenvalue weighted by Gasteiger charge is 2.50. The molecule has 6 heteroatoms. The molecule has 0 aliphatic heterocycles. The summed E-state index contributed by atoms with van der Waals surface area (Å²) in [6.07, 6.45) is 7.22. The number of allylic oxidation sites excluding steroid dienone is 2. The van der Waals surface area contributed by atoms with E-state index in [4.69, 9.17) is 0 Å². The monoisotopic (exact) mass is 368 g/mol. The second-order valence-corrected chi connectivity index (χ2v) is 8.99. The largest absolute Gasteiger partial charge is 0.494 e. The fourth-order valence-corrected chi connectivity index (χ4v) is 6.59.